The smallest absolute Gasteiger partial charge is 0.408 e. The Morgan fingerprint density at radius 1 is 0.875 bits per heavy atom. The fourth-order valence-corrected chi connectivity index (χ4v) is 3.28. The van der Waals surface area contributed by atoms with Crippen molar-refractivity contribution in [3.05, 3.63) is 71.8 Å². The van der Waals surface area contributed by atoms with Crippen molar-refractivity contribution in [1.82, 2.24) is 5.32 Å². The first-order valence-corrected chi connectivity index (χ1v) is 11.1. The topological polar surface area (TPSA) is 99.9 Å². The molecule has 0 aliphatic heterocycles. The van der Waals surface area contributed by atoms with Gasteiger partial charge in [0.1, 0.15) is 6.61 Å². The largest absolute Gasteiger partial charge is 0.445 e. The van der Waals surface area contributed by atoms with E-state index in [9.17, 15) is 9.59 Å². The van der Waals surface area contributed by atoms with Gasteiger partial charge in [-0.2, -0.15) is 0 Å². The second kappa shape index (κ2) is 14.3. The summed E-state index contributed by atoms with van der Waals surface area (Å²) in [6.45, 7) is 4.92. The molecule has 0 heterocycles. The predicted molar refractivity (Wildman–Crippen MR) is 123 cm³/mol. The number of nitrogens with two attached hydrogens (primary N) is 1. The number of nitrogens with one attached hydrogen (secondary N) is 1. The summed E-state index contributed by atoms with van der Waals surface area (Å²) in [6, 6.07) is 17.3. The third kappa shape index (κ3) is 9.18. The lowest BCUT2D eigenvalue weighted by atomic mass is 9.96. The third-order valence-electron chi connectivity index (χ3n) is 4.91. The van der Waals surface area contributed by atoms with Gasteiger partial charge in [0.2, 0.25) is 0 Å². The maximum atomic E-state index is 13.1. The molecule has 0 saturated heterocycles. The first kappa shape index (κ1) is 25.5. The maximum absolute atomic E-state index is 13.1. The van der Waals surface area contributed by atoms with Gasteiger partial charge in [-0.3, -0.25) is 4.79 Å². The van der Waals surface area contributed by atoms with E-state index < -0.39 is 24.5 Å². The molecule has 0 spiro atoms. The number of carbonyl (C=O) groups excluding carboxylic acids is 2. The third-order valence-corrected chi connectivity index (χ3v) is 4.91. The van der Waals surface area contributed by atoms with Crippen molar-refractivity contribution in [2.24, 2.45) is 5.73 Å². The zero-order valence-electron chi connectivity index (χ0n) is 18.9. The molecule has 1 amide bonds. The standard InChI is InChI=1S/C25H34N2O5/c1-3-30-23(31-4-2)16-15-21(26)24(28)22(17-19-11-7-5-8-12-19)27-25(29)32-18-20-13-9-6-10-14-20/h5-14,21-23H,3-4,15-18,26H2,1-2H3,(H,27,29)/t21?,22-/m0/s1. The highest BCUT2D eigenvalue weighted by molar-refractivity contribution is 5.91. The molecule has 0 aliphatic carbocycles. The first-order chi connectivity index (χ1) is 15.5. The van der Waals surface area contributed by atoms with Crippen molar-refractivity contribution in [2.75, 3.05) is 13.2 Å². The van der Waals surface area contributed by atoms with Gasteiger partial charge in [-0.15, -0.1) is 0 Å². The molecule has 0 aromatic heterocycles. The van der Waals surface area contributed by atoms with Gasteiger partial charge in [-0.25, -0.2) is 4.79 Å². The van der Waals surface area contributed by atoms with Gasteiger partial charge in [0.25, 0.3) is 0 Å². The van der Waals surface area contributed by atoms with E-state index in [0.29, 0.717) is 32.5 Å². The molecule has 2 atom stereocenters. The Labute approximate surface area is 190 Å². The van der Waals surface area contributed by atoms with Gasteiger partial charge in [0.05, 0.1) is 12.1 Å². The first-order valence-electron chi connectivity index (χ1n) is 11.1. The Morgan fingerprint density at radius 2 is 1.44 bits per heavy atom. The number of ketones is 1. The van der Waals surface area contributed by atoms with Crippen LogP contribution < -0.4 is 11.1 Å². The number of benzene rings is 2. The SMILES string of the molecule is CCOC(CCC(N)C(=O)[C@H](Cc1ccccc1)NC(=O)OCc1ccccc1)OCC. The second-order valence-corrected chi connectivity index (χ2v) is 7.37. The fraction of sp³-hybridized carbons (Fsp3) is 0.440. The summed E-state index contributed by atoms with van der Waals surface area (Å²) >= 11 is 0. The lowest BCUT2D eigenvalue weighted by molar-refractivity contribution is -0.141. The van der Waals surface area contributed by atoms with Gasteiger partial charge >= 0.3 is 6.09 Å². The van der Waals surface area contributed by atoms with Gasteiger partial charge in [-0.1, -0.05) is 60.7 Å². The van der Waals surface area contributed by atoms with Crippen LogP contribution in [0, 0.1) is 0 Å². The highest BCUT2D eigenvalue weighted by atomic mass is 16.7. The minimum atomic E-state index is -0.798. The molecule has 2 rings (SSSR count). The van der Waals surface area contributed by atoms with Crippen molar-refractivity contribution in [1.29, 1.82) is 0 Å². The molecule has 174 valence electrons. The number of Topliss-reactive ketones (excluding diaryl/α,β-unsaturated/α-hetero) is 1. The monoisotopic (exact) mass is 442 g/mol. The summed E-state index contributed by atoms with van der Waals surface area (Å²) in [5.74, 6) is -0.253. The van der Waals surface area contributed by atoms with Gasteiger partial charge in [0, 0.05) is 19.6 Å². The molecule has 0 bridgehead atoms. The van der Waals surface area contributed by atoms with E-state index in [2.05, 4.69) is 5.32 Å². The number of alkyl carbamates (subject to hydrolysis) is 1. The highest BCUT2D eigenvalue weighted by Gasteiger charge is 2.27. The second-order valence-electron chi connectivity index (χ2n) is 7.37. The molecule has 0 radical (unpaired) electrons. The number of hydrogen-bond acceptors (Lipinski definition) is 6. The molecule has 0 aliphatic rings. The lowest BCUT2D eigenvalue weighted by Gasteiger charge is -2.23. The molecule has 2 aromatic carbocycles. The summed E-state index contributed by atoms with van der Waals surface area (Å²) in [5, 5.41) is 2.70. The Hall–Kier alpha value is -2.74. The molecule has 7 nitrogen and oxygen atoms in total. The van der Waals surface area contributed by atoms with Crippen molar-refractivity contribution in [3.8, 4) is 0 Å². The van der Waals surface area contributed by atoms with Crippen LogP contribution in [0.5, 0.6) is 0 Å². The Bertz CT molecular complexity index is 794. The summed E-state index contributed by atoms with van der Waals surface area (Å²) in [4.78, 5) is 25.5. The van der Waals surface area contributed by atoms with E-state index in [0.717, 1.165) is 11.1 Å². The van der Waals surface area contributed by atoms with E-state index in [1.807, 2.05) is 74.5 Å². The van der Waals surface area contributed by atoms with Crippen molar-refractivity contribution in [3.63, 3.8) is 0 Å². The minimum Gasteiger partial charge on any atom is -0.445 e. The molecule has 0 saturated carbocycles. The molecular formula is C25H34N2O5. The fourth-order valence-electron chi connectivity index (χ4n) is 3.28. The van der Waals surface area contributed by atoms with Crippen molar-refractivity contribution < 1.29 is 23.8 Å². The Balaban J connectivity index is 1.99. The van der Waals surface area contributed by atoms with Gasteiger partial charge < -0.3 is 25.3 Å². The average molecular weight is 443 g/mol. The molecule has 32 heavy (non-hydrogen) atoms. The zero-order valence-corrected chi connectivity index (χ0v) is 18.9. The van der Waals surface area contributed by atoms with Crippen molar-refractivity contribution >= 4 is 11.9 Å². The molecule has 7 heteroatoms. The maximum Gasteiger partial charge on any atom is 0.408 e. The minimum absolute atomic E-state index is 0.120. The van der Waals surface area contributed by atoms with Crippen LogP contribution in [-0.2, 0) is 32.0 Å². The quantitative estimate of drug-likeness (QED) is 0.434. The zero-order chi connectivity index (χ0) is 23.2. The van der Waals surface area contributed by atoms with Gasteiger partial charge in [0.15, 0.2) is 12.1 Å². The summed E-state index contributed by atoms with van der Waals surface area (Å²) in [6.07, 6.45) is 0.145. The lowest BCUT2D eigenvalue weighted by Crippen LogP contribution is -2.49. The molecule has 1 unspecified atom stereocenters. The van der Waals surface area contributed by atoms with Crippen LogP contribution in [0.3, 0.4) is 0 Å². The Morgan fingerprint density at radius 3 is 2.00 bits per heavy atom. The van der Waals surface area contributed by atoms with Crippen LogP contribution in [-0.4, -0.2) is 43.5 Å². The van der Waals surface area contributed by atoms with E-state index in [1.54, 1.807) is 0 Å². The molecule has 2 aromatic rings. The number of hydrogen-bond donors (Lipinski definition) is 2. The van der Waals surface area contributed by atoms with Crippen LogP contribution in [0.15, 0.2) is 60.7 Å². The molecular weight excluding hydrogens is 408 g/mol. The van der Waals surface area contributed by atoms with E-state index in [-0.39, 0.29) is 12.4 Å². The van der Waals surface area contributed by atoms with Crippen LogP contribution in [0.1, 0.15) is 37.8 Å². The van der Waals surface area contributed by atoms with E-state index in [1.165, 1.54) is 0 Å². The number of ether oxygens (including phenoxy) is 3. The summed E-state index contributed by atoms with van der Waals surface area (Å²) in [7, 11) is 0. The average Bonchev–Trinajstić information content (AvgIpc) is 2.81. The highest BCUT2D eigenvalue weighted by Crippen LogP contribution is 2.11. The number of rotatable bonds is 14. The van der Waals surface area contributed by atoms with E-state index in [4.69, 9.17) is 19.9 Å². The summed E-state index contributed by atoms with van der Waals surface area (Å²) < 4.78 is 16.4. The van der Waals surface area contributed by atoms with E-state index >= 15 is 0 Å². The van der Waals surface area contributed by atoms with Crippen LogP contribution >= 0.6 is 0 Å². The van der Waals surface area contributed by atoms with Crippen LogP contribution in [0.2, 0.25) is 0 Å². The number of carbonyl (C=O) groups is 2. The van der Waals surface area contributed by atoms with Crippen LogP contribution in [0.4, 0.5) is 4.79 Å². The molecule has 0 fully saturated rings. The van der Waals surface area contributed by atoms with Gasteiger partial charge in [-0.05, 0) is 37.8 Å². The number of amides is 1. The Kier molecular flexibility index (Phi) is 11.4. The predicted octanol–water partition coefficient (Wildman–Crippen LogP) is 3.60. The molecule has 3 N–H and O–H groups in total. The summed E-state index contributed by atoms with van der Waals surface area (Å²) in [5.41, 5.74) is 7.98. The van der Waals surface area contributed by atoms with Crippen LogP contribution in [0.25, 0.3) is 0 Å². The normalized spacial score (nSPS) is 12.9. The van der Waals surface area contributed by atoms with Crippen molar-refractivity contribution in [2.45, 2.75) is 58.1 Å².